The van der Waals surface area contributed by atoms with Crippen molar-refractivity contribution in [2.75, 3.05) is 13.7 Å². The Balaban J connectivity index is 1.75. The number of aryl methyl sites for hydroxylation is 1. The number of ether oxygens (including phenoxy) is 2. The van der Waals surface area contributed by atoms with E-state index in [1.165, 1.54) is 0 Å². The smallest absolute Gasteiger partial charge is 0.338 e. The Labute approximate surface area is 181 Å². The standard InChI is InChI=1S/C24H25N3O4/c1-5-31-24(29)18-9-11-21(12-10-18)27-16(2)13-20(17(27)3)15-25-26-23(28)19-7-6-8-22(14-19)30-4/h6-15H,5H2,1-4H3,(H,26,28)/b25-15-. The molecule has 7 nitrogen and oxygen atoms in total. The van der Waals surface area contributed by atoms with E-state index in [4.69, 9.17) is 9.47 Å². The minimum absolute atomic E-state index is 0.321. The molecule has 1 aromatic heterocycles. The van der Waals surface area contributed by atoms with Crippen LogP contribution in [-0.2, 0) is 4.74 Å². The minimum atomic E-state index is -0.338. The Morgan fingerprint density at radius 1 is 1.06 bits per heavy atom. The van der Waals surface area contributed by atoms with E-state index in [9.17, 15) is 9.59 Å². The fraction of sp³-hybridized carbons (Fsp3) is 0.208. The van der Waals surface area contributed by atoms with Gasteiger partial charge >= 0.3 is 5.97 Å². The van der Waals surface area contributed by atoms with Gasteiger partial charge in [-0.05, 0) is 69.3 Å². The summed E-state index contributed by atoms with van der Waals surface area (Å²) in [5.41, 5.74) is 7.27. The third kappa shape index (κ3) is 5.01. The zero-order chi connectivity index (χ0) is 22.4. The quantitative estimate of drug-likeness (QED) is 0.356. The number of aromatic nitrogens is 1. The predicted molar refractivity (Wildman–Crippen MR) is 119 cm³/mol. The Morgan fingerprint density at radius 3 is 2.48 bits per heavy atom. The van der Waals surface area contributed by atoms with Gasteiger partial charge in [0.05, 0.1) is 25.5 Å². The van der Waals surface area contributed by atoms with E-state index in [2.05, 4.69) is 15.1 Å². The second kappa shape index (κ2) is 9.75. The molecule has 7 heteroatoms. The van der Waals surface area contributed by atoms with Gasteiger partial charge in [0.1, 0.15) is 5.75 Å². The average molecular weight is 419 g/mol. The lowest BCUT2D eigenvalue weighted by atomic mass is 10.2. The first kappa shape index (κ1) is 21.8. The molecule has 1 amide bonds. The van der Waals surface area contributed by atoms with Crippen LogP contribution in [0.5, 0.6) is 5.75 Å². The molecule has 1 N–H and O–H groups in total. The average Bonchev–Trinajstić information content (AvgIpc) is 3.07. The summed E-state index contributed by atoms with van der Waals surface area (Å²) >= 11 is 0. The zero-order valence-corrected chi connectivity index (χ0v) is 18.0. The number of hydrazone groups is 1. The molecule has 3 rings (SSSR count). The van der Waals surface area contributed by atoms with Gasteiger partial charge in [-0.2, -0.15) is 5.10 Å². The molecule has 0 unspecified atom stereocenters. The van der Waals surface area contributed by atoms with Crippen molar-refractivity contribution in [1.29, 1.82) is 0 Å². The summed E-state index contributed by atoms with van der Waals surface area (Å²) in [5, 5.41) is 4.10. The monoisotopic (exact) mass is 419 g/mol. The van der Waals surface area contributed by atoms with Crippen LogP contribution in [0.25, 0.3) is 5.69 Å². The van der Waals surface area contributed by atoms with Crippen LogP contribution in [0.3, 0.4) is 0 Å². The highest BCUT2D eigenvalue weighted by Gasteiger charge is 2.12. The van der Waals surface area contributed by atoms with Crippen LogP contribution < -0.4 is 10.2 Å². The van der Waals surface area contributed by atoms with E-state index < -0.39 is 0 Å². The van der Waals surface area contributed by atoms with Crippen molar-refractivity contribution in [2.45, 2.75) is 20.8 Å². The molecule has 0 saturated heterocycles. The summed E-state index contributed by atoms with van der Waals surface area (Å²) in [6.07, 6.45) is 1.61. The van der Waals surface area contributed by atoms with Crippen LogP contribution in [0.2, 0.25) is 0 Å². The summed E-state index contributed by atoms with van der Waals surface area (Å²) < 4.78 is 12.2. The van der Waals surface area contributed by atoms with Crippen molar-refractivity contribution in [2.24, 2.45) is 5.10 Å². The predicted octanol–water partition coefficient (Wildman–Crippen LogP) is 4.04. The summed E-state index contributed by atoms with van der Waals surface area (Å²) in [4.78, 5) is 24.1. The molecule has 0 atom stereocenters. The summed E-state index contributed by atoms with van der Waals surface area (Å²) in [6, 6.07) is 16.1. The third-order valence-corrected chi connectivity index (χ3v) is 4.81. The number of nitrogens with one attached hydrogen (secondary N) is 1. The third-order valence-electron chi connectivity index (χ3n) is 4.81. The summed E-state index contributed by atoms with van der Waals surface area (Å²) in [7, 11) is 1.55. The molecule has 0 fully saturated rings. The van der Waals surface area contributed by atoms with E-state index in [1.54, 1.807) is 56.6 Å². The van der Waals surface area contributed by atoms with Gasteiger partial charge in [-0.3, -0.25) is 4.79 Å². The summed E-state index contributed by atoms with van der Waals surface area (Å²) in [6.45, 7) is 6.07. The maximum Gasteiger partial charge on any atom is 0.338 e. The molecule has 0 aliphatic carbocycles. The van der Waals surface area contributed by atoms with Crippen LogP contribution in [0, 0.1) is 13.8 Å². The SMILES string of the molecule is CCOC(=O)c1ccc(-n2c(C)cc(/C=N\NC(=O)c3cccc(OC)c3)c2C)cc1. The number of esters is 1. The van der Waals surface area contributed by atoms with Crippen LogP contribution in [-0.4, -0.2) is 36.4 Å². The number of nitrogens with zero attached hydrogens (tertiary/aromatic N) is 2. The fourth-order valence-electron chi connectivity index (χ4n) is 3.27. The molecule has 0 spiro atoms. The number of carbonyl (C=O) groups is 2. The molecule has 0 radical (unpaired) electrons. The molecular weight excluding hydrogens is 394 g/mol. The van der Waals surface area contributed by atoms with E-state index >= 15 is 0 Å². The Hall–Kier alpha value is -3.87. The number of amides is 1. The molecule has 0 saturated carbocycles. The second-order valence-corrected chi connectivity index (χ2v) is 6.86. The highest BCUT2D eigenvalue weighted by molar-refractivity contribution is 5.95. The lowest BCUT2D eigenvalue weighted by molar-refractivity contribution is 0.0526. The van der Waals surface area contributed by atoms with Crippen molar-refractivity contribution >= 4 is 18.1 Å². The maximum absolute atomic E-state index is 12.3. The van der Waals surface area contributed by atoms with E-state index in [-0.39, 0.29) is 11.9 Å². The van der Waals surface area contributed by atoms with Gasteiger partial charge in [0.15, 0.2) is 0 Å². The molecule has 0 aliphatic rings. The van der Waals surface area contributed by atoms with Crippen molar-refractivity contribution in [1.82, 2.24) is 9.99 Å². The lowest BCUT2D eigenvalue weighted by Crippen LogP contribution is -2.17. The number of carbonyl (C=O) groups excluding carboxylic acids is 2. The van der Waals surface area contributed by atoms with Gasteiger partial charge in [-0.25, -0.2) is 10.2 Å². The van der Waals surface area contributed by atoms with Crippen LogP contribution >= 0.6 is 0 Å². The molecule has 160 valence electrons. The molecule has 0 aliphatic heterocycles. The molecule has 1 heterocycles. The van der Waals surface area contributed by atoms with E-state index in [1.807, 2.05) is 32.0 Å². The molecule has 2 aromatic carbocycles. The molecular formula is C24H25N3O4. The van der Waals surface area contributed by atoms with Gasteiger partial charge in [0, 0.05) is 28.2 Å². The topological polar surface area (TPSA) is 81.9 Å². The Morgan fingerprint density at radius 2 is 1.81 bits per heavy atom. The largest absolute Gasteiger partial charge is 0.497 e. The zero-order valence-electron chi connectivity index (χ0n) is 18.0. The number of methoxy groups -OCH3 is 1. The van der Waals surface area contributed by atoms with Gasteiger partial charge in [0.25, 0.3) is 5.91 Å². The Bertz CT molecular complexity index is 1110. The number of hydrogen-bond acceptors (Lipinski definition) is 5. The first-order valence-corrected chi connectivity index (χ1v) is 9.88. The second-order valence-electron chi connectivity index (χ2n) is 6.86. The number of rotatable bonds is 7. The van der Waals surface area contributed by atoms with Crippen LogP contribution in [0.4, 0.5) is 0 Å². The maximum atomic E-state index is 12.3. The fourth-order valence-corrected chi connectivity index (χ4v) is 3.27. The first-order chi connectivity index (χ1) is 14.9. The van der Waals surface area contributed by atoms with Crippen molar-refractivity contribution < 1.29 is 19.1 Å². The molecule has 31 heavy (non-hydrogen) atoms. The van der Waals surface area contributed by atoms with Gasteiger partial charge in [-0.1, -0.05) is 6.07 Å². The molecule has 0 bridgehead atoms. The van der Waals surface area contributed by atoms with E-state index in [0.29, 0.717) is 23.5 Å². The first-order valence-electron chi connectivity index (χ1n) is 9.88. The highest BCUT2D eigenvalue weighted by Crippen LogP contribution is 2.20. The van der Waals surface area contributed by atoms with Crippen molar-refractivity contribution in [3.05, 3.63) is 82.7 Å². The number of hydrogen-bond donors (Lipinski definition) is 1. The van der Waals surface area contributed by atoms with Gasteiger partial charge < -0.3 is 14.0 Å². The van der Waals surface area contributed by atoms with Crippen molar-refractivity contribution in [3.8, 4) is 11.4 Å². The van der Waals surface area contributed by atoms with Crippen LogP contribution in [0.15, 0.2) is 59.7 Å². The van der Waals surface area contributed by atoms with Crippen molar-refractivity contribution in [3.63, 3.8) is 0 Å². The van der Waals surface area contributed by atoms with Crippen LogP contribution in [0.1, 0.15) is 44.6 Å². The number of benzene rings is 2. The van der Waals surface area contributed by atoms with Gasteiger partial charge in [0.2, 0.25) is 0 Å². The van der Waals surface area contributed by atoms with Gasteiger partial charge in [-0.15, -0.1) is 0 Å². The Kier molecular flexibility index (Phi) is 6.87. The minimum Gasteiger partial charge on any atom is -0.497 e. The molecule has 3 aromatic rings. The van der Waals surface area contributed by atoms with E-state index in [0.717, 1.165) is 22.6 Å². The summed E-state index contributed by atoms with van der Waals surface area (Å²) in [5.74, 6) is -0.0535. The normalized spacial score (nSPS) is 10.8. The highest BCUT2D eigenvalue weighted by atomic mass is 16.5. The lowest BCUT2D eigenvalue weighted by Gasteiger charge is -2.10.